The smallest absolute Gasteiger partial charge is 0.315 e. The fourth-order valence-corrected chi connectivity index (χ4v) is 4.35. The molecule has 4 rings (SSSR count). The van der Waals surface area contributed by atoms with Crippen LogP contribution >= 0.6 is 23.4 Å². The van der Waals surface area contributed by atoms with Gasteiger partial charge in [-0.2, -0.15) is 4.98 Å². The van der Waals surface area contributed by atoms with Crippen molar-refractivity contribution in [2.24, 2.45) is 0 Å². The van der Waals surface area contributed by atoms with Crippen LogP contribution in [0, 0.1) is 6.92 Å². The summed E-state index contributed by atoms with van der Waals surface area (Å²) in [6, 6.07) is 8.01. The normalized spacial score (nSPS) is 14.5. The summed E-state index contributed by atoms with van der Waals surface area (Å²) in [4.78, 5) is 16.2. The number of nitrogens with zero attached hydrogens (tertiary/aromatic N) is 5. The Balaban J connectivity index is 1.55. The Morgan fingerprint density at radius 3 is 2.82 bits per heavy atom. The van der Waals surface area contributed by atoms with Crippen molar-refractivity contribution >= 4 is 35.3 Å². The third-order valence-corrected chi connectivity index (χ3v) is 5.85. The molecule has 1 saturated carbocycles. The fraction of sp³-hybridized carbons (Fsp3) is 0.389. The number of nitrogens with one attached hydrogen (secondary N) is 1. The molecule has 146 valence electrons. The molecule has 1 amide bonds. The third-order valence-electron chi connectivity index (χ3n) is 4.58. The van der Waals surface area contributed by atoms with Crippen LogP contribution < -0.4 is 5.32 Å². The van der Waals surface area contributed by atoms with Crippen molar-refractivity contribution in [3.63, 3.8) is 0 Å². The molecule has 1 aliphatic rings. The second kappa shape index (κ2) is 8.32. The average molecular weight is 419 g/mol. The average Bonchev–Trinajstić information content (AvgIpc) is 3.41. The zero-order chi connectivity index (χ0) is 19.5. The van der Waals surface area contributed by atoms with Gasteiger partial charge in [0.05, 0.1) is 10.8 Å². The summed E-state index contributed by atoms with van der Waals surface area (Å²) in [5, 5.41) is 16.3. The number of aromatic nitrogens is 5. The topological polar surface area (TPSA) is 98.7 Å². The standard InChI is InChI=1S/C18H19ClN6O2S/c1-11-20-17(27-24-11)21-15(26)10-28-18-23-22-16(13-8-4-5-9-14(13)19)25(18)12-6-2-3-7-12/h4-5,8-9,12H,2-3,6-7,10H2,1H3,(H,20,21,24,26). The number of halogens is 1. The second-order valence-electron chi connectivity index (χ2n) is 6.58. The lowest BCUT2D eigenvalue weighted by molar-refractivity contribution is -0.114. The van der Waals surface area contributed by atoms with Crippen molar-refractivity contribution in [3.8, 4) is 11.4 Å². The van der Waals surface area contributed by atoms with Crippen LogP contribution in [-0.2, 0) is 4.79 Å². The lowest BCUT2D eigenvalue weighted by atomic mass is 10.2. The molecule has 10 heteroatoms. The zero-order valence-electron chi connectivity index (χ0n) is 15.3. The van der Waals surface area contributed by atoms with Gasteiger partial charge in [-0.25, -0.2) is 0 Å². The molecule has 3 aromatic rings. The molecule has 0 unspecified atom stereocenters. The van der Waals surface area contributed by atoms with Gasteiger partial charge < -0.3 is 4.52 Å². The quantitative estimate of drug-likeness (QED) is 0.600. The van der Waals surface area contributed by atoms with Gasteiger partial charge in [-0.15, -0.1) is 10.2 Å². The second-order valence-corrected chi connectivity index (χ2v) is 7.93. The molecule has 0 saturated heterocycles. The van der Waals surface area contributed by atoms with Crippen LogP contribution in [0.2, 0.25) is 5.02 Å². The number of carbonyl (C=O) groups is 1. The Kier molecular flexibility index (Phi) is 5.63. The summed E-state index contributed by atoms with van der Waals surface area (Å²) in [6.45, 7) is 1.69. The van der Waals surface area contributed by atoms with Crippen LogP contribution in [0.4, 0.5) is 6.01 Å². The first-order chi connectivity index (χ1) is 13.6. The molecule has 0 atom stereocenters. The van der Waals surface area contributed by atoms with E-state index in [-0.39, 0.29) is 17.7 Å². The Labute approximate surface area is 171 Å². The minimum absolute atomic E-state index is 0.0946. The molecule has 1 fully saturated rings. The zero-order valence-corrected chi connectivity index (χ0v) is 16.8. The predicted octanol–water partition coefficient (Wildman–Crippen LogP) is 4.14. The minimum atomic E-state index is -0.242. The summed E-state index contributed by atoms with van der Waals surface area (Å²) in [5.41, 5.74) is 0.848. The van der Waals surface area contributed by atoms with Gasteiger partial charge in [0.15, 0.2) is 16.8 Å². The van der Waals surface area contributed by atoms with Crippen LogP contribution in [0.15, 0.2) is 33.9 Å². The molecule has 1 N–H and O–H groups in total. The van der Waals surface area contributed by atoms with Crippen molar-refractivity contribution < 1.29 is 9.32 Å². The Morgan fingerprint density at radius 1 is 1.32 bits per heavy atom. The highest BCUT2D eigenvalue weighted by atomic mass is 35.5. The molecule has 0 radical (unpaired) electrons. The number of anilines is 1. The van der Waals surface area contributed by atoms with E-state index in [1.54, 1.807) is 6.92 Å². The lowest BCUT2D eigenvalue weighted by Crippen LogP contribution is -2.15. The van der Waals surface area contributed by atoms with Gasteiger partial charge in [0, 0.05) is 11.6 Å². The SMILES string of the molecule is Cc1noc(NC(=O)CSc2nnc(-c3ccccc3Cl)n2C2CCCC2)n1. The van der Waals surface area contributed by atoms with E-state index in [4.69, 9.17) is 16.1 Å². The van der Waals surface area contributed by atoms with Gasteiger partial charge in [-0.3, -0.25) is 14.7 Å². The van der Waals surface area contributed by atoms with Crippen molar-refractivity contribution in [1.82, 2.24) is 24.9 Å². The molecule has 1 aliphatic carbocycles. The van der Waals surface area contributed by atoms with E-state index >= 15 is 0 Å². The third kappa shape index (κ3) is 4.05. The van der Waals surface area contributed by atoms with Crippen LogP contribution in [0.5, 0.6) is 0 Å². The molecule has 1 aromatic carbocycles. The number of aryl methyl sites for hydroxylation is 1. The first-order valence-corrected chi connectivity index (χ1v) is 10.4. The molecule has 28 heavy (non-hydrogen) atoms. The molecule has 2 heterocycles. The number of amides is 1. The molecule has 8 nitrogen and oxygen atoms in total. The van der Waals surface area contributed by atoms with E-state index < -0.39 is 0 Å². The summed E-state index contributed by atoms with van der Waals surface area (Å²) in [6.07, 6.45) is 4.48. The van der Waals surface area contributed by atoms with Crippen LogP contribution in [0.3, 0.4) is 0 Å². The maximum Gasteiger partial charge on any atom is 0.328 e. The van der Waals surface area contributed by atoms with E-state index in [0.29, 0.717) is 22.0 Å². The van der Waals surface area contributed by atoms with Crippen molar-refractivity contribution in [3.05, 3.63) is 35.1 Å². The van der Waals surface area contributed by atoms with Crippen LogP contribution in [-0.4, -0.2) is 36.6 Å². The van der Waals surface area contributed by atoms with Gasteiger partial charge in [-0.05, 0) is 31.9 Å². The van der Waals surface area contributed by atoms with Gasteiger partial charge in [-0.1, -0.05) is 53.5 Å². The number of rotatable bonds is 6. The Hall–Kier alpha value is -2.39. The summed E-state index contributed by atoms with van der Waals surface area (Å²) in [7, 11) is 0. The maximum atomic E-state index is 12.2. The Bertz CT molecular complexity index is 982. The highest BCUT2D eigenvalue weighted by molar-refractivity contribution is 7.99. The van der Waals surface area contributed by atoms with Crippen LogP contribution in [0.1, 0.15) is 37.5 Å². The maximum absolute atomic E-state index is 12.2. The van der Waals surface area contributed by atoms with Crippen molar-refractivity contribution in [2.45, 2.75) is 43.8 Å². The molecular weight excluding hydrogens is 400 g/mol. The van der Waals surface area contributed by atoms with E-state index in [2.05, 4.69) is 30.2 Å². The first kappa shape index (κ1) is 18.9. The molecule has 2 aromatic heterocycles. The minimum Gasteiger partial charge on any atom is -0.315 e. The monoisotopic (exact) mass is 418 g/mol. The number of benzene rings is 1. The molecule has 0 aliphatic heterocycles. The molecule has 0 spiro atoms. The van der Waals surface area contributed by atoms with E-state index in [9.17, 15) is 4.79 Å². The summed E-state index contributed by atoms with van der Waals surface area (Å²) < 4.78 is 7.04. The van der Waals surface area contributed by atoms with Crippen molar-refractivity contribution in [1.29, 1.82) is 0 Å². The first-order valence-electron chi connectivity index (χ1n) is 9.04. The lowest BCUT2D eigenvalue weighted by Gasteiger charge is -2.17. The van der Waals surface area contributed by atoms with Gasteiger partial charge in [0.1, 0.15) is 0 Å². The van der Waals surface area contributed by atoms with Gasteiger partial charge in [0.25, 0.3) is 0 Å². The van der Waals surface area contributed by atoms with E-state index in [1.807, 2.05) is 24.3 Å². The highest BCUT2D eigenvalue weighted by Gasteiger charge is 2.26. The number of hydrogen-bond donors (Lipinski definition) is 1. The van der Waals surface area contributed by atoms with Crippen LogP contribution in [0.25, 0.3) is 11.4 Å². The number of hydrogen-bond acceptors (Lipinski definition) is 7. The number of carbonyl (C=O) groups excluding carboxylic acids is 1. The predicted molar refractivity (Wildman–Crippen MR) is 106 cm³/mol. The van der Waals surface area contributed by atoms with Gasteiger partial charge in [0.2, 0.25) is 5.91 Å². The summed E-state index contributed by atoms with van der Waals surface area (Å²) >= 11 is 7.72. The largest absolute Gasteiger partial charge is 0.328 e. The molecule has 0 bridgehead atoms. The number of thioether (sulfide) groups is 1. The highest BCUT2D eigenvalue weighted by Crippen LogP contribution is 2.38. The fourth-order valence-electron chi connectivity index (χ4n) is 3.33. The van der Waals surface area contributed by atoms with Crippen molar-refractivity contribution in [2.75, 3.05) is 11.1 Å². The van der Waals surface area contributed by atoms with E-state index in [0.717, 1.165) is 24.2 Å². The molecular formula is C18H19ClN6O2S. The summed E-state index contributed by atoms with van der Waals surface area (Å²) in [5.74, 6) is 1.13. The van der Waals surface area contributed by atoms with E-state index in [1.165, 1.54) is 24.6 Å². The van der Waals surface area contributed by atoms with Gasteiger partial charge >= 0.3 is 6.01 Å². The Morgan fingerprint density at radius 2 is 2.11 bits per heavy atom.